The number of halogens is 1. The molecule has 1 aromatic heterocycles. The Bertz CT molecular complexity index is 658. The van der Waals surface area contributed by atoms with Crippen LogP contribution < -0.4 is 4.74 Å². The first-order valence-electron chi connectivity index (χ1n) is 5.85. The first kappa shape index (κ1) is 13.5. The average Bonchev–Trinajstić information content (AvgIpc) is 2.66. The van der Waals surface area contributed by atoms with Crippen molar-refractivity contribution in [3.63, 3.8) is 0 Å². The lowest BCUT2D eigenvalue weighted by Gasteiger charge is -2.03. The van der Waals surface area contributed by atoms with Crippen LogP contribution in [0.15, 0.2) is 24.3 Å². The quantitative estimate of drug-likeness (QED) is 0.873. The van der Waals surface area contributed by atoms with E-state index in [1.807, 2.05) is 29.7 Å². The summed E-state index contributed by atoms with van der Waals surface area (Å²) in [6, 6.07) is 5.63. The van der Waals surface area contributed by atoms with Gasteiger partial charge in [-0.25, -0.2) is 4.79 Å². The highest BCUT2D eigenvalue weighted by Gasteiger charge is 2.13. The molecular formula is C14H14ClNO3. The number of rotatable bonds is 4. The summed E-state index contributed by atoms with van der Waals surface area (Å²) in [5.74, 6) is -0.293. The van der Waals surface area contributed by atoms with Crippen molar-refractivity contribution in [3.8, 4) is 5.75 Å². The van der Waals surface area contributed by atoms with Gasteiger partial charge >= 0.3 is 5.97 Å². The fraction of sp³-hybridized carbons (Fsp3) is 0.214. The molecule has 0 fully saturated rings. The predicted octanol–water partition coefficient (Wildman–Crippen LogP) is 3.42. The Kier molecular flexibility index (Phi) is 3.81. The second-order valence-corrected chi connectivity index (χ2v) is 4.36. The number of fused-ring (bicyclic) bond motifs is 1. The summed E-state index contributed by atoms with van der Waals surface area (Å²) in [4.78, 5) is 10.7. The molecule has 2 aromatic rings. The van der Waals surface area contributed by atoms with Gasteiger partial charge in [-0.3, -0.25) is 0 Å². The van der Waals surface area contributed by atoms with E-state index in [2.05, 4.69) is 0 Å². The van der Waals surface area contributed by atoms with Crippen LogP contribution in [0.3, 0.4) is 0 Å². The predicted molar refractivity (Wildman–Crippen MR) is 75.8 cm³/mol. The molecule has 19 heavy (non-hydrogen) atoms. The molecule has 0 unspecified atom stereocenters. The van der Waals surface area contributed by atoms with Crippen molar-refractivity contribution in [1.82, 2.24) is 4.57 Å². The van der Waals surface area contributed by atoms with Gasteiger partial charge in [-0.05, 0) is 31.2 Å². The number of carbonyl (C=O) groups is 1. The molecule has 0 aliphatic heterocycles. The molecule has 0 aliphatic rings. The van der Waals surface area contributed by atoms with Gasteiger partial charge in [-0.2, -0.15) is 0 Å². The van der Waals surface area contributed by atoms with Crippen molar-refractivity contribution in [2.24, 2.45) is 0 Å². The number of aliphatic carboxylic acids is 1. The standard InChI is InChI=1S/C14H14ClNO3/c1-3-16-12-6-4-9(19-2)8-11(12)10(14(16)15)5-7-13(17)18/h4-8H,3H2,1-2H3,(H,17,18)/b7-5+. The van der Waals surface area contributed by atoms with E-state index in [0.29, 0.717) is 23.0 Å². The summed E-state index contributed by atoms with van der Waals surface area (Å²) in [7, 11) is 1.59. The van der Waals surface area contributed by atoms with Crippen molar-refractivity contribution in [2.75, 3.05) is 7.11 Å². The zero-order chi connectivity index (χ0) is 14.0. The summed E-state index contributed by atoms with van der Waals surface area (Å²) >= 11 is 6.31. The van der Waals surface area contributed by atoms with Crippen LogP contribution in [0.25, 0.3) is 17.0 Å². The summed E-state index contributed by atoms with van der Waals surface area (Å²) in [6.45, 7) is 2.70. The van der Waals surface area contributed by atoms with E-state index in [0.717, 1.165) is 17.0 Å². The number of aromatic nitrogens is 1. The Morgan fingerprint density at radius 2 is 2.26 bits per heavy atom. The van der Waals surface area contributed by atoms with Gasteiger partial charge in [0.05, 0.1) is 12.6 Å². The Balaban J connectivity index is 2.72. The largest absolute Gasteiger partial charge is 0.497 e. The van der Waals surface area contributed by atoms with E-state index >= 15 is 0 Å². The van der Waals surface area contributed by atoms with E-state index < -0.39 is 5.97 Å². The SMILES string of the molecule is CCn1c(Cl)c(/C=C/C(=O)O)c2cc(OC)ccc21. The van der Waals surface area contributed by atoms with E-state index in [4.69, 9.17) is 21.4 Å². The van der Waals surface area contributed by atoms with Crippen LogP contribution in [0.2, 0.25) is 5.15 Å². The van der Waals surface area contributed by atoms with Crippen molar-refractivity contribution in [3.05, 3.63) is 35.0 Å². The molecule has 0 radical (unpaired) electrons. The number of aryl methyl sites for hydroxylation is 1. The van der Waals surface area contributed by atoms with Crippen LogP contribution in [-0.4, -0.2) is 22.8 Å². The van der Waals surface area contributed by atoms with Crippen LogP contribution in [0.1, 0.15) is 12.5 Å². The Morgan fingerprint density at radius 3 is 2.84 bits per heavy atom. The number of hydrogen-bond acceptors (Lipinski definition) is 2. The third-order valence-electron chi connectivity index (χ3n) is 2.95. The maximum Gasteiger partial charge on any atom is 0.328 e. The molecule has 0 atom stereocenters. The molecule has 0 bridgehead atoms. The average molecular weight is 280 g/mol. The zero-order valence-corrected chi connectivity index (χ0v) is 11.4. The lowest BCUT2D eigenvalue weighted by atomic mass is 10.1. The number of nitrogens with zero attached hydrogens (tertiary/aromatic N) is 1. The normalized spacial score (nSPS) is 11.3. The van der Waals surface area contributed by atoms with Crippen molar-refractivity contribution < 1.29 is 14.6 Å². The maximum atomic E-state index is 10.7. The Morgan fingerprint density at radius 1 is 1.53 bits per heavy atom. The summed E-state index contributed by atoms with van der Waals surface area (Å²) in [6.07, 6.45) is 2.60. The van der Waals surface area contributed by atoms with Crippen LogP contribution >= 0.6 is 11.6 Å². The number of methoxy groups -OCH3 is 1. The lowest BCUT2D eigenvalue weighted by molar-refractivity contribution is -0.131. The van der Waals surface area contributed by atoms with Crippen LogP contribution in [0, 0.1) is 0 Å². The fourth-order valence-corrected chi connectivity index (χ4v) is 2.45. The van der Waals surface area contributed by atoms with Gasteiger partial charge in [0, 0.05) is 23.6 Å². The molecule has 1 aromatic carbocycles. The summed E-state index contributed by atoms with van der Waals surface area (Å²) in [5.41, 5.74) is 1.65. The maximum absolute atomic E-state index is 10.7. The van der Waals surface area contributed by atoms with E-state index in [9.17, 15) is 4.79 Å². The molecule has 4 nitrogen and oxygen atoms in total. The van der Waals surface area contributed by atoms with Crippen LogP contribution in [0.4, 0.5) is 0 Å². The monoisotopic (exact) mass is 279 g/mol. The van der Waals surface area contributed by atoms with Gasteiger partial charge < -0.3 is 14.4 Å². The first-order chi connectivity index (χ1) is 9.08. The first-order valence-corrected chi connectivity index (χ1v) is 6.23. The molecule has 0 spiro atoms. The zero-order valence-electron chi connectivity index (χ0n) is 10.7. The molecule has 0 saturated carbocycles. The number of ether oxygens (including phenoxy) is 1. The van der Waals surface area contributed by atoms with Gasteiger partial charge in [0.2, 0.25) is 0 Å². The number of carboxylic acid groups (broad SMARTS) is 1. The third-order valence-corrected chi connectivity index (χ3v) is 3.36. The number of hydrogen-bond donors (Lipinski definition) is 1. The molecule has 100 valence electrons. The van der Waals surface area contributed by atoms with Gasteiger partial charge in [0.15, 0.2) is 0 Å². The minimum atomic E-state index is -1.00. The molecule has 0 aliphatic carbocycles. The van der Waals surface area contributed by atoms with Crippen LogP contribution in [0.5, 0.6) is 5.75 Å². The van der Waals surface area contributed by atoms with E-state index in [1.165, 1.54) is 6.08 Å². The van der Waals surface area contributed by atoms with Crippen molar-refractivity contribution >= 4 is 34.5 Å². The Labute approximate surface area is 115 Å². The minimum Gasteiger partial charge on any atom is -0.497 e. The van der Waals surface area contributed by atoms with Gasteiger partial charge in [0.1, 0.15) is 10.9 Å². The van der Waals surface area contributed by atoms with E-state index in [-0.39, 0.29) is 0 Å². The second kappa shape index (κ2) is 5.36. The summed E-state index contributed by atoms with van der Waals surface area (Å²) < 4.78 is 7.12. The van der Waals surface area contributed by atoms with Crippen molar-refractivity contribution in [2.45, 2.75) is 13.5 Å². The molecule has 5 heteroatoms. The fourth-order valence-electron chi connectivity index (χ4n) is 2.08. The molecular weight excluding hydrogens is 266 g/mol. The Hall–Kier alpha value is -1.94. The smallest absolute Gasteiger partial charge is 0.328 e. The van der Waals surface area contributed by atoms with E-state index in [1.54, 1.807) is 7.11 Å². The molecule has 1 heterocycles. The van der Waals surface area contributed by atoms with Crippen LogP contribution in [-0.2, 0) is 11.3 Å². The number of carboxylic acids is 1. The van der Waals surface area contributed by atoms with Gasteiger partial charge in [-0.1, -0.05) is 11.6 Å². The topological polar surface area (TPSA) is 51.5 Å². The highest BCUT2D eigenvalue weighted by atomic mass is 35.5. The highest BCUT2D eigenvalue weighted by Crippen LogP contribution is 2.33. The molecule has 1 N–H and O–H groups in total. The van der Waals surface area contributed by atoms with Gasteiger partial charge in [-0.15, -0.1) is 0 Å². The summed E-state index contributed by atoms with van der Waals surface area (Å²) in [5, 5.41) is 10.2. The molecule has 0 amide bonds. The third kappa shape index (κ3) is 2.44. The lowest BCUT2D eigenvalue weighted by Crippen LogP contribution is -1.93. The second-order valence-electron chi connectivity index (χ2n) is 4.00. The number of benzene rings is 1. The highest BCUT2D eigenvalue weighted by molar-refractivity contribution is 6.33. The minimum absolute atomic E-state index is 0.531. The van der Waals surface area contributed by atoms with Gasteiger partial charge in [0.25, 0.3) is 0 Å². The molecule has 2 rings (SSSR count). The van der Waals surface area contributed by atoms with Crippen molar-refractivity contribution in [1.29, 1.82) is 0 Å². The molecule has 0 saturated heterocycles.